The Balaban J connectivity index is 1.84. The third-order valence-corrected chi connectivity index (χ3v) is 3.37. The summed E-state index contributed by atoms with van der Waals surface area (Å²) in [5.41, 5.74) is 7.21. The number of amides is 1. The van der Waals surface area contributed by atoms with E-state index in [9.17, 15) is 20.1 Å². The largest absolute Gasteiger partial charge is 0.438 e. The molecule has 2 aliphatic rings. The molecule has 0 spiro atoms. The Bertz CT molecular complexity index is 518. The Hall–Kier alpha value is -2.02. The third kappa shape index (κ3) is 4.04. The van der Waals surface area contributed by atoms with Gasteiger partial charge in [-0.15, -0.1) is 0 Å². The number of azide groups is 1. The second-order valence-electron chi connectivity index (χ2n) is 5.02. The van der Waals surface area contributed by atoms with Crippen molar-refractivity contribution >= 4 is 6.09 Å². The summed E-state index contributed by atoms with van der Waals surface area (Å²) < 4.78 is 9.64. The maximum atomic E-state index is 11.7. The standard InChI is InChI=1S/C10H16N6O7/c11-16-13-3-10(14-15-10)2-12-9(21)23-7-6(19)5(18)4(1-17)22-8(7)20/h4-8,17-20H,1-3H2,(H,12,21)/t4-,5-,6?,7?,8-/m1/s1. The molecule has 2 heterocycles. The molecule has 0 aromatic carbocycles. The minimum absolute atomic E-state index is 0.0710. The Morgan fingerprint density at radius 1 is 1.39 bits per heavy atom. The number of aliphatic hydroxyl groups excluding tert-OH is 4. The molecule has 128 valence electrons. The molecule has 0 radical (unpaired) electrons. The van der Waals surface area contributed by atoms with E-state index in [0.29, 0.717) is 0 Å². The van der Waals surface area contributed by atoms with Crippen LogP contribution in [-0.2, 0) is 9.47 Å². The van der Waals surface area contributed by atoms with Gasteiger partial charge in [0.05, 0.1) is 19.7 Å². The highest BCUT2D eigenvalue weighted by atomic mass is 16.7. The van der Waals surface area contributed by atoms with Crippen molar-refractivity contribution in [2.24, 2.45) is 15.3 Å². The SMILES string of the molecule is [N-]=[N+]=NCC1(CNC(=O)OC2C(O)[C@H](O)[C@@H](CO)O[C@H]2O)N=N1. The second kappa shape index (κ2) is 7.04. The predicted octanol–water partition coefficient (Wildman–Crippen LogP) is -2.02. The van der Waals surface area contributed by atoms with Gasteiger partial charge in [0.1, 0.15) is 18.3 Å². The van der Waals surface area contributed by atoms with Crippen molar-refractivity contribution in [1.29, 1.82) is 0 Å². The number of hydrogen-bond acceptors (Lipinski definition) is 10. The molecule has 0 saturated carbocycles. The van der Waals surface area contributed by atoms with Gasteiger partial charge in [0.25, 0.3) is 0 Å². The molecule has 13 nitrogen and oxygen atoms in total. The van der Waals surface area contributed by atoms with Gasteiger partial charge < -0.3 is 35.2 Å². The zero-order chi connectivity index (χ0) is 17.0. The monoisotopic (exact) mass is 332 g/mol. The van der Waals surface area contributed by atoms with E-state index in [4.69, 9.17) is 20.1 Å². The summed E-state index contributed by atoms with van der Waals surface area (Å²) in [6.45, 7) is -0.802. The number of nitrogens with one attached hydrogen (secondary N) is 1. The number of alkyl carbamates (subject to hydrolysis) is 1. The molecule has 0 aromatic rings. The molecule has 23 heavy (non-hydrogen) atoms. The van der Waals surface area contributed by atoms with Crippen LogP contribution in [0, 0.1) is 0 Å². The summed E-state index contributed by atoms with van der Waals surface area (Å²) in [6.07, 6.45) is -8.67. The van der Waals surface area contributed by atoms with Crippen LogP contribution in [0.3, 0.4) is 0 Å². The van der Waals surface area contributed by atoms with Gasteiger partial charge in [0, 0.05) is 4.91 Å². The first-order chi connectivity index (χ1) is 10.9. The number of nitrogens with zero attached hydrogens (tertiary/aromatic N) is 5. The highest BCUT2D eigenvalue weighted by Gasteiger charge is 2.46. The first kappa shape index (κ1) is 17.3. The van der Waals surface area contributed by atoms with Gasteiger partial charge in [-0.1, -0.05) is 5.11 Å². The van der Waals surface area contributed by atoms with Crippen LogP contribution in [-0.4, -0.2) is 82.6 Å². The molecule has 1 fully saturated rings. The Morgan fingerprint density at radius 2 is 2.09 bits per heavy atom. The molecule has 5 atom stereocenters. The Labute approximate surface area is 129 Å². The minimum Gasteiger partial charge on any atom is -0.438 e. The minimum atomic E-state index is -1.72. The van der Waals surface area contributed by atoms with Gasteiger partial charge in [-0.05, 0) is 5.53 Å². The number of carbonyl (C=O) groups excluding carboxylic acids is 1. The molecule has 13 heteroatoms. The lowest BCUT2D eigenvalue weighted by atomic mass is 9.99. The first-order valence-corrected chi connectivity index (χ1v) is 6.62. The van der Waals surface area contributed by atoms with Crippen LogP contribution < -0.4 is 5.32 Å². The van der Waals surface area contributed by atoms with Crippen LogP contribution in [0.2, 0.25) is 0 Å². The maximum Gasteiger partial charge on any atom is 0.407 e. The van der Waals surface area contributed by atoms with Crippen molar-refractivity contribution in [3.63, 3.8) is 0 Å². The van der Waals surface area contributed by atoms with Crippen LogP contribution in [0.15, 0.2) is 15.3 Å². The van der Waals surface area contributed by atoms with E-state index >= 15 is 0 Å². The van der Waals surface area contributed by atoms with Crippen LogP contribution in [0.1, 0.15) is 0 Å². The van der Waals surface area contributed by atoms with E-state index in [1.54, 1.807) is 0 Å². The van der Waals surface area contributed by atoms with E-state index in [2.05, 4.69) is 25.6 Å². The topological polar surface area (TPSA) is 202 Å². The van der Waals surface area contributed by atoms with E-state index in [-0.39, 0.29) is 13.1 Å². The lowest BCUT2D eigenvalue weighted by Gasteiger charge is -2.39. The summed E-state index contributed by atoms with van der Waals surface area (Å²) in [6, 6.07) is 0. The summed E-state index contributed by atoms with van der Waals surface area (Å²) in [5, 5.41) is 51.0. The molecule has 2 rings (SSSR count). The fourth-order valence-corrected chi connectivity index (χ4v) is 1.98. The molecule has 2 aliphatic heterocycles. The van der Waals surface area contributed by atoms with Crippen LogP contribution >= 0.6 is 0 Å². The number of hydrogen-bond donors (Lipinski definition) is 5. The molecule has 0 bridgehead atoms. The van der Waals surface area contributed by atoms with E-state index in [1.165, 1.54) is 0 Å². The average Bonchev–Trinajstić information content (AvgIpc) is 3.31. The molecular weight excluding hydrogens is 316 g/mol. The van der Waals surface area contributed by atoms with E-state index in [1.807, 2.05) is 0 Å². The van der Waals surface area contributed by atoms with Gasteiger partial charge >= 0.3 is 6.09 Å². The van der Waals surface area contributed by atoms with Crippen molar-refractivity contribution in [2.45, 2.75) is 36.4 Å². The Kier molecular flexibility index (Phi) is 5.30. The Morgan fingerprint density at radius 3 is 2.65 bits per heavy atom. The van der Waals surface area contributed by atoms with Crippen molar-refractivity contribution in [2.75, 3.05) is 19.7 Å². The lowest BCUT2D eigenvalue weighted by Crippen LogP contribution is -2.60. The smallest absolute Gasteiger partial charge is 0.407 e. The van der Waals surface area contributed by atoms with Crippen LogP contribution in [0.4, 0.5) is 4.79 Å². The normalized spacial score (nSPS) is 34.3. The fourth-order valence-electron chi connectivity index (χ4n) is 1.98. The first-order valence-electron chi connectivity index (χ1n) is 6.62. The average molecular weight is 332 g/mol. The van der Waals surface area contributed by atoms with Crippen molar-refractivity contribution < 1.29 is 34.7 Å². The third-order valence-electron chi connectivity index (χ3n) is 3.37. The van der Waals surface area contributed by atoms with Gasteiger partial charge in [-0.25, -0.2) is 4.79 Å². The molecule has 2 unspecified atom stereocenters. The molecule has 1 amide bonds. The van der Waals surface area contributed by atoms with E-state index < -0.39 is 49.1 Å². The summed E-state index contributed by atoms with van der Waals surface area (Å²) >= 11 is 0. The number of rotatable bonds is 6. The fraction of sp³-hybridized carbons (Fsp3) is 0.900. The number of carbonyl (C=O) groups is 1. The zero-order valence-corrected chi connectivity index (χ0v) is 11.8. The molecule has 5 N–H and O–H groups in total. The second-order valence-corrected chi connectivity index (χ2v) is 5.02. The molecular formula is C10H16N6O7. The summed E-state index contributed by atoms with van der Waals surface area (Å²) in [4.78, 5) is 14.2. The number of ether oxygens (including phenoxy) is 2. The summed E-state index contributed by atoms with van der Waals surface area (Å²) in [5.74, 6) is 0. The summed E-state index contributed by atoms with van der Waals surface area (Å²) in [7, 11) is 0. The van der Waals surface area contributed by atoms with Crippen molar-refractivity contribution in [3.05, 3.63) is 10.4 Å². The van der Waals surface area contributed by atoms with Gasteiger partial charge in [-0.3, -0.25) is 0 Å². The van der Waals surface area contributed by atoms with Gasteiger partial charge in [0.15, 0.2) is 12.4 Å². The highest BCUT2D eigenvalue weighted by molar-refractivity contribution is 5.67. The van der Waals surface area contributed by atoms with E-state index in [0.717, 1.165) is 0 Å². The predicted molar refractivity (Wildman–Crippen MR) is 69.9 cm³/mol. The highest BCUT2D eigenvalue weighted by Crippen LogP contribution is 2.27. The van der Waals surface area contributed by atoms with Gasteiger partial charge in [-0.2, -0.15) is 10.2 Å². The maximum absolute atomic E-state index is 11.7. The van der Waals surface area contributed by atoms with Gasteiger partial charge in [0.2, 0.25) is 5.66 Å². The van der Waals surface area contributed by atoms with Crippen LogP contribution in [0.5, 0.6) is 0 Å². The lowest BCUT2D eigenvalue weighted by molar-refractivity contribution is -0.285. The quantitative estimate of drug-likeness (QED) is 0.210. The molecule has 1 saturated heterocycles. The van der Waals surface area contributed by atoms with Crippen molar-refractivity contribution in [1.82, 2.24) is 5.32 Å². The zero-order valence-electron chi connectivity index (χ0n) is 11.8. The molecule has 0 aliphatic carbocycles. The number of aliphatic hydroxyl groups is 4. The van der Waals surface area contributed by atoms with Crippen molar-refractivity contribution in [3.8, 4) is 0 Å². The molecule has 0 aromatic heterocycles. The van der Waals surface area contributed by atoms with Crippen LogP contribution in [0.25, 0.3) is 10.4 Å².